The van der Waals surface area contributed by atoms with Crippen molar-refractivity contribution in [1.29, 1.82) is 0 Å². The van der Waals surface area contributed by atoms with E-state index in [9.17, 15) is 14.3 Å². The average molecular weight is 683 g/mol. The van der Waals surface area contributed by atoms with Crippen molar-refractivity contribution in [2.75, 3.05) is 31.6 Å². The van der Waals surface area contributed by atoms with E-state index in [4.69, 9.17) is 33.0 Å². The first-order valence-electron chi connectivity index (χ1n) is 15.1. The highest BCUT2D eigenvalue weighted by molar-refractivity contribution is 7.13. The van der Waals surface area contributed by atoms with E-state index in [1.807, 2.05) is 24.3 Å². The molecule has 2 aromatic carbocycles. The number of aliphatic hydroxyl groups excluding tert-OH is 1. The third-order valence-electron chi connectivity index (χ3n) is 9.22. The van der Waals surface area contributed by atoms with E-state index >= 15 is 0 Å². The van der Waals surface area contributed by atoms with Crippen LogP contribution in [-0.4, -0.2) is 78.7 Å². The van der Waals surface area contributed by atoms with Crippen LogP contribution >= 0.6 is 34.5 Å². The number of rotatable bonds is 9. The fourth-order valence-corrected chi connectivity index (χ4v) is 8.18. The normalized spacial score (nSPS) is 19.6. The number of ether oxygens (including phenoxy) is 1. The number of likely N-dealkylation sites (tertiary alicyclic amines) is 1. The van der Waals surface area contributed by atoms with Crippen LogP contribution in [0.4, 0.5) is 9.52 Å². The molecule has 2 fully saturated rings. The van der Waals surface area contributed by atoms with E-state index in [1.54, 1.807) is 34.7 Å². The molecule has 5 heterocycles. The second-order valence-electron chi connectivity index (χ2n) is 12.5. The van der Waals surface area contributed by atoms with E-state index in [2.05, 4.69) is 20.2 Å². The van der Waals surface area contributed by atoms with Crippen LogP contribution in [0, 0.1) is 5.41 Å². The summed E-state index contributed by atoms with van der Waals surface area (Å²) in [5, 5.41) is 20.8. The maximum absolute atomic E-state index is 14.3. The number of nitrogens with zero attached hydrogens (tertiary/aromatic N) is 6. The number of alkyl halides is 1. The van der Waals surface area contributed by atoms with Crippen LogP contribution < -0.4 is 10.1 Å². The number of halogens is 3. The van der Waals surface area contributed by atoms with Gasteiger partial charge in [0, 0.05) is 65.9 Å². The molecule has 10 nitrogen and oxygen atoms in total. The number of hydrogen-bond acceptors (Lipinski definition) is 8. The van der Waals surface area contributed by atoms with E-state index in [-0.39, 0.29) is 19.1 Å². The van der Waals surface area contributed by atoms with Crippen molar-refractivity contribution in [3.8, 4) is 16.9 Å². The van der Waals surface area contributed by atoms with E-state index < -0.39 is 18.1 Å². The number of anilines is 1. The molecule has 2 unspecified atom stereocenters. The summed E-state index contributed by atoms with van der Waals surface area (Å²) >= 11 is 15.0. The highest BCUT2D eigenvalue weighted by atomic mass is 35.5. The summed E-state index contributed by atoms with van der Waals surface area (Å²) in [6.07, 6.45) is 5.66. The highest BCUT2D eigenvalue weighted by Gasteiger charge is 2.51. The molecule has 1 aliphatic carbocycles. The largest absolute Gasteiger partial charge is 0.492 e. The molecule has 14 heteroatoms. The highest BCUT2D eigenvalue weighted by Crippen LogP contribution is 2.48. The first kappa shape index (κ1) is 29.8. The van der Waals surface area contributed by atoms with Crippen molar-refractivity contribution < 1.29 is 19.0 Å². The molecule has 8 rings (SSSR count). The molecule has 2 aliphatic heterocycles. The lowest BCUT2D eigenvalue weighted by atomic mass is 9.62. The number of thiazole rings is 1. The molecule has 0 radical (unpaired) electrons. The minimum atomic E-state index is -1.05. The number of benzene rings is 2. The number of carbonyl (C=O) groups is 1. The Morgan fingerprint density at radius 1 is 1.22 bits per heavy atom. The second-order valence-corrected chi connectivity index (χ2v) is 14.2. The Morgan fingerprint density at radius 2 is 2.02 bits per heavy atom. The Balaban J connectivity index is 1.04. The first-order chi connectivity index (χ1) is 22.2. The van der Waals surface area contributed by atoms with Crippen molar-refractivity contribution in [3.05, 3.63) is 75.9 Å². The Labute approximate surface area is 277 Å². The Morgan fingerprint density at radius 3 is 2.76 bits per heavy atom. The third kappa shape index (κ3) is 5.35. The van der Waals surface area contributed by atoms with Crippen LogP contribution in [0.1, 0.15) is 30.3 Å². The molecule has 2 N–H and O–H groups in total. The van der Waals surface area contributed by atoms with Crippen molar-refractivity contribution >= 4 is 56.5 Å². The second kappa shape index (κ2) is 11.6. The molecule has 0 bridgehead atoms. The summed E-state index contributed by atoms with van der Waals surface area (Å²) in [4.78, 5) is 24.8. The predicted octanol–water partition coefficient (Wildman–Crippen LogP) is 5.62. The zero-order valence-corrected chi connectivity index (χ0v) is 26.9. The third-order valence-corrected chi connectivity index (χ3v) is 10.6. The molecule has 46 heavy (non-hydrogen) atoms. The van der Waals surface area contributed by atoms with Crippen LogP contribution in [0.25, 0.3) is 22.0 Å². The SMILES string of the molecule is O=C(Nc1nccs1)C(c1ncn2c1CC(F)C2)n1cc2c(Cl)cc(-c3ccc(OCCN4CC5(CC(O)C5)C4)cc3)c(Cl)c2n1. The first-order valence-corrected chi connectivity index (χ1v) is 16.8. The number of nitrogens with one attached hydrogen (secondary N) is 1. The molecule has 5 aromatic rings. The lowest BCUT2D eigenvalue weighted by molar-refractivity contribution is -0.129. The van der Waals surface area contributed by atoms with Crippen molar-refractivity contribution in [3.63, 3.8) is 0 Å². The number of imidazole rings is 1. The minimum Gasteiger partial charge on any atom is -0.492 e. The van der Waals surface area contributed by atoms with Crippen molar-refractivity contribution in [1.82, 2.24) is 29.2 Å². The standard InChI is InChI=1S/C32H30Cl2FN7O3S/c33-24-10-22(18-1-3-21(4-2-18)45-7-6-40-15-32(16-40)11-20(43)12-32)26(34)27-23(24)14-42(39-27)29(30(44)38-31-36-5-8-46-31)28-25-9-19(35)13-41(25)17-37-28/h1-5,8,10,14,17,19-20,29,43H,6-7,9,11-13,15-16H2,(H,36,38,44). The molecular formula is C32H30Cl2FN7O3S. The number of amides is 1. The van der Waals surface area contributed by atoms with Gasteiger partial charge < -0.3 is 14.4 Å². The van der Waals surface area contributed by atoms with Gasteiger partial charge in [-0.1, -0.05) is 35.3 Å². The average Bonchev–Trinajstić information content (AvgIpc) is 3.80. The van der Waals surface area contributed by atoms with Gasteiger partial charge in [-0.15, -0.1) is 11.3 Å². The monoisotopic (exact) mass is 681 g/mol. The molecule has 1 saturated heterocycles. The maximum atomic E-state index is 14.3. The molecule has 2 atom stereocenters. The molecular weight excluding hydrogens is 652 g/mol. The van der Waals surface area contributed by atoms with Gasteiger partial charge in [0.15, 0.2) is 11.2 Å². The Kier molecular flexibility index (Phi) is 7.52. The van der Waals surface area contributed by atoms with Crippen molar-refractivity contribution in [2.45, 2.75) is 44.1 Å². The molecule has 3 aromatic heterocycles. The topological polar surface area (TPSA) is 110 Å². The van der Waals surface area contributed by atoms with Gasteiger partial charge in [0.1, 0.15) is 24.0 Å². The number of hydrogen-bond donors (Lipinski definition) is 2. The molecule has 1 amide bonds. The lowest BCUT2D eigenvalue weighted by Gasteiger charge is -2.57. The zero-order valence-electron chi connectivity index (χ0n) is 24.6. The minimum absolute atomic E-state index is 0.121. The van der Waals surface area contributed by atoms with Gasteiger partial charge in [0.05, 0.1) is 34.7 Å². The van der Waals surface area contributed by atoms with Gasteiger partial charge >= 0.3 is 0 Å². The number of carbonyl (C=O) groups excluding carboxylic acids is 1. The van der Waals surface area contributed by atoms with E-state index in [0.717, 1.165) is 43.8 Å². The summed E-state index contributed by atoms with van der Waals surface area (Å²) in [5.74, 6) is 0.341. The summed E-state index contributed by atoms with van der Waals surface area (Å²) in [6.45, 7) is 3.68. The van der Waals surface area contributed by atoms with Crippen LogP contribution in [0.3, 0.4) is 0 Å². The van der Waals surface area contributed by atoms with Gasteiger partial charge in [0.2, 0.25) is 0 Å². The molecule has 238 valence electrons. The number of aliphatic hydroxyl groups is 1. The van der Waals surface area contributed by atoms with E-state index in [0.29, 0.717) is 55.1 Å². The van der Waals surface area contributed by atoms with Gasteiger partial charge in [-0.05, 0) is 36.6 Å². The number of fused-ring (bicyclic) bond motifs is 2. The Bertz CT molecular complexity index is 1920. The van der Waals surface area contributed by atoms with Gasteiger partial charge in [0.25, 0.3) is 5.91 Å². The lowest BCUT2D eigenvalue weighted by Crippen LogP contribution is -2.64. The van der Waals surface area contributed by atoms with Gasteiger partial charge in [-0.3, -0.25) is 19.7 Å². The zero-order chi connectivity index (χ0) is 31.6. The van der Waals surface area contributed by atoms with Gasteiger partial charge in [-0.25, -0.2) is 14.4 Å². The molecule has 1 saturated carbocycles. The Hall–Kier alpha value is -3.55. The van der Waals surface area contributed by atoms with E-state index in [1.165, 1.54) is 16.0 Å². The van der Waals surface area contributed by atoms with Crippen LogP contribution in [0.5, 0.6) is 5.75 Å². The van der Waals surface area contributed by atoms with Gasteiger partial charge in [-0.2, -0.15) is 5.10 Å². The smallest absolute Gasteiger partial charge is 0.257 e. The summed E-state index contributed by atoms with van der Waals surface area (Å²) in [6, 6.07) is 8.44. The van der Waals surface area contributed by atoms with Crippen LogP contribution in [0.2, 0.25) is 10.0 Å². The van der Waals surface area contributed by atoms with Crippen LogP contribution in [-0.2, 0) is 17.8 Å². The number of aromatic nitrogens is 5. The molecule has 3 aliphatic rings. The quantitative estimate of drug-likeness (QED) is 0.208. The fraction of sp³-hybridized carbons (Fsp3) is 0.375. The molecule has 1 spiro atoms. The van der Waals surface area contributed by atoms with Crippen molar-refractivity contribution in [2.24, 2.45) is 5.41 Å². The predicted molar refractivity (Wildman–Crippen MR) is 175 cm³/mol. The van der Waals surface area contributed by atoms with Crippen LogP contribution in [0.15, 0.2) is 54.4 Å². The fourth-order valence-electron chi connectivity index (χ4n) is 7.10. The summed E-state index contributed by atoms with van der Waals surface area (Å²) in [5.41, 5.74) is 3.37. The summed E-state index contributed by atoms with van der Waals surface area (Å²) in [7, 11) is 0. The maximum Gasteiger partial charge on any atom is 0.257 e. The summed E-state index contributed by atoms with van der Waals surface area (Å²) < 4.78 is 23.6.